The molecule has 0 saturated carbocycles. The first-order chi connectivity index (χ1) is 33.6. The fourth-order valence-corrected chi connectivity index (χ4v) is 10.2. The molecule has 1 unspecified atom stereocenters. The number of hydrogen-bond donors (Lipinski definition) is 3. The minimum atomic E-state index is -0.929. The molecule has 6 amide bonds. The summed E-state index contributed by atoms with van der Waals surface area (Å²) in [6.07, 6.45) is 6.68. The number of hydrogen-bond acceptors (Lipinski definition) is 13. The highest BCUT2D eigenvalue weighted by molar-refractivity contribution is 7.22. The smallest absolute Gasteiger partial charge is 0.420 e. The minimum Gasteiger partial charge on any atom is -0.444 e. The van der Waals surface area contributed by atoms with Crippen molar-refractivity contribution in [3.8, 4) is 0 Å². The maximum absolute atomic E-state index is 14.4. The van der Waals surface area contributed by atoms with Crippen molar-refractivity contribution in [3.63, 3.8) is 0 Å². The Hall–Kier alpha value is -6.70. The van der Waals surface area contributed by atoms with Gasteiger partial charge in [0.25, 0.3) is 11.8 Å². The Bertz CT molecular complexity index is 2780. The molecule has 0 bridgehead atoms. The Balaban J connectivity index is 0.893. The highest BCUT2D eigenvalue weighted by Crippen LogP contribution is 2.37. The number of rotatable bonds is 18. The number of thiazole rings is 1. The lowest BCUT2D eigenvalue weighted by Gasteiger charge is -2.28. The summed E-state index contributed by atoms with van der Waals surface area (Å²) in [5, 5.41) is 10.3. The molecule has 1 saturated heterocycles. The van der Waals surface area contributed by atoms with Gasteiger partial charge in [0, 0.05) is 68.1 Å². The fourth-order valence-electron chi connectivity index (χ4n) is 9.11. The molecule has 1 fully saturated rings. The van der Waals surface area contributed by atoms with E-state index in [9.17, 15) is 28.8 Å². The van der Waals surface area contributed by atoms with E-state index in [1.807, 2.05) is 31.3 Å². The van der Waals surface area contributed by atoms with Gasteiger partial charge in [0.15, 0.2) is 5.13 Å². The van der Waals surface area contributed by atoms with Gasteiger partial charge in [-0.1, -0.05) is 43.7 Å². The molecule has 2 aromatic carbocycles. The van der Waals surface area contributed by atoms with Gasteiger partial charge in [0.1, 0.15) is 30.2 Å². The number of imide groups is 1. The molecule has 3 aromatic heterocycles. The number of carbonyl (C=O) groups excluding carboxylic acids is 6. The Kier molecular flexibility index (Phi) is 15.6. The first-order valence-electron chi connectivity index (χ1n) is 24.0. The second-order valence-electron chi connectivity index (χ2n) is 18.7. The van der Waals surface area contributed by atoms with Crippen molar-refractivity contribution in [3.05, 3.63) is 83.6 Å². The van der Waals surface area contributed by atoms with Gasteiger partial charge in [-0.2, -0.15) is 0 Å². The Labute approximate surface area is 411 Å². The number of fused-ring (bicyclic) bond motifs is 4. The van der Waals surface area contributed by atoms with Crippen LogP contribution >= 0.6 is 11.3 Å². The van der Waals surface area contributed by atoms with Crippen LogP contribution in [0.5, 0.6) is 0 Å². The lowest BCUT2D eigenvalue weighted by Crippen LogP contribution is -2.53. The van der Waals surface area contributed by atoms with E-state index in [-0.39, 0.29) is 43.2 Å². The number of nitrogens with one attached hydrogen (secondary N) is 3. The zero-order valence-corrected chi connectivity index (χ0v) is 41.5. The summed E-state index contributed by atoms with van der Waals surface area (Å²) in [4.78, 5) is 94.4. The molecular formula is C51H62N10O8S. The van der Waals surface area contributed by atoms with E-state index in [1.165, 1.54) is 33.2 Å². The van der Waals surface area contributed by atoms with Crippen LogP contribution in [0.1, 0.15) is 69.7 Å². The number of ether oxygens (including phenoxy) is 2. The van der Waals surface area contributed by atoms with E-state index in [2.05, 4.69) is 50.5 Å². The van der Waals surface area contributed by atoms with E-state index in [1.54, 1.807) is 56.4 Å². The number of unbranched alkanes of at least 4 members (excludes halogenated alkanes) is 2. The molecule has 2 aliphatic heterocycles. The minimum absolute atomic E-state index is 0.0622. The first kappa shape index (κ1) is 49.7. The summed E-state index contributed by atoms with van der Waals surface area (Å²) in [6, 6.07) is 15.2. The molecular weight excluding hydrogens is 913 g/mol. The van der Waals surface area contributed by atoms with Crippen molar-refractivity contribution in [1.82, 2.24) is 35.0 Å². The summed E-state index contributed by atoms with van der Waals surface area (Å²) in [6.45, 7) is 8.21. The number of carbonyl (C=O) groups is 6. The molecule has 5 heterocycles. The van der Waals surface area contributed by atoms with Crippen LogP contribution in [0.15, 0.2) is 66.7 Å². The van der Waals surface area contributed by atoms with Crippen molar-refractivity contribution in [1.29, 1.82) is 0 Å². The number of pyridine rings is 1. The predicted molar refractivity (Wildman–Crippen MR) is 269 cm³/mol. The van der Waals surface area contributed by atoms with E-state index in [4.69, 9.17) is 19.4 Å². The van der Waals surface area contributed by atoms with Crippen LogP contribution in [-0.2, 0) is 59.9 Å². The predicted octanol–water partition coefficient (Wildman–Crippen LogP) is 5.98. The molecule has 370 valence electrons. The molecule has 3 atom stereocenters. The number of nitrogens with zero attached hydrogens (tertiary/aromatic N) is 7. The van der Waals surface area contributed by atoms with Crippen LogP contribution < -0.4 is 25.8 Å². The molecule has 3 N–H and O–H groups in total. The summed E-state index contributed by atoms with van der Waals surface area (Å²) in [5.74, 6) is -1.75. The highest BCUT2D eigenvalue weighted by atomic mass is 32.1. The number of aryl methyl sites for hydroxylation is 1. The van der Waals surface area contributed by atoms with Gasteiger partial charge in [-0.25, -0.2) is 19.7 Å². The van der Waals surface area contributed by atoms with E-state index in [0.717, 1.165) is 58.7 Å². The van der Waals surface area contributed by atoms with Crippen LogP contribution in [0.2, 0.25) is 0 Å². The quantitative estimate of drug-likeness (QED) is 0.0687. The van der Waals surface area contributed by atoms with Crippen LogP contribution in [0.4, 0.5) is 27.1 Å². The normalized spacial score (nSPS) is 16.8. The number of benzene rings is 2. The van der Waals surface area contributed by atoms with Gasteiger partial charge >= 0.3 is 6.09 Å². The molecule has 8 rings (SSSR count). The molecule has 18 nitrogen and oxygen atoms in total. The largest absolute Gasteiger partial charge is 0.444 e. The third kappa shape index (κ3) is 11.3. The molecule has 0 radical (unpaired) electrons. The van der Waals surface area contributed by atoms with Gasteiger partial charge in [-0.15, -0.1) is 0 Å². The van der Waals surface area contributed by atoms with Crippen molar-refractivity contribution < 1.29 is 38.2 Å². The number of anilines is 4. The number of amides is 6. The zero-order valence-electron chi connectivity index (χ0n) is 40.7. The Morgan fingerprint density at radius 2 is 1.64 bits per heavy atom. The van der Waals surface area contributed by atoms with E-state index >= 15 is 0 Å². The standard InChI is InChI=1S/C51H62N10O8S/c1-31(2)46(56-43(62)10-8-7-9-23-60-44(63)21-22-45(60)64)49(66)52-32(3)48(65)53-34-13-11-33(12-14-34)30-69-51(67)61(36-15-18-39-41(29-36)70-50(54-39)59-24-26-68-27-25-59)42-20-17-37-38-28-35(57(4)5)16-19-40(38)58(6)47(37)55-42/h11-15,17-18,20-22,29,31-32,35,46H,7-10,16,19,23-28,30H2,1-6H3,(H,52,66)(H,53,65)(H,56,62)/t32-,35?,46-/m0/s1. The van der Waals surface area contributed by atoms with Gasteiger partial charge in [0.05, 0.1) is 29.1 Å². The summed E-state index contributed by atoms with van der Waals surface area (Å²) >= 11 is 1.57. The highest BCUT2D eigenvalue weighted by Gasteiger charge is 2.30. The maximum atomic E-state index is 14.4. The van der Waals surface area contributed by atoms with Gasteiger partial charge < -0.3 is 39.8 Å². The molecule has 3 aliphatic rings. The van der Waals surface area contributed by atoms with Crippen molar-refractivity contribution in [2.75, 3.05) is 62.1 Å². The second kappa shape index (κ2) is 21.9. The monoisotopic (exact) mass is 974 g/mol. The molecule has 1 aliphatic carbocycles. The van der Waals surface area contributed by atoms with Crippen LogP contribution in [0, 0.1) is 5.92 Å². The third-order valence-electron chi connectivity index (χ3n) is 13.2. The average molecular weight is 975 g/mol. The SMILES string of the molecule is CC(C)[C@H](NC(=O)CCCCCN1C(=O)C=CC1=O)C(=O)N[C@@H](C)C(=O)Nc1ccc(COC(=O)N(c2ccc3nc(N4CCOCC4)sc3c2)c2ccc3c4c(n(C)c3n2)CCC(N(C)C)C4)cc1. The van der Waals surface area contributed by atoms with Gasteiger partial charge in [-0.3, -0.25) is 28.9 Å². The molecule has 70 heavy (non-hydrogen) atoms. The Morgan fingerprint density at radius 1 is 0.900 bits per heavy atom. The average Bonchev–Trinajstić information content (AvgIpc) is 4.01. The zero-order chi connectivity index (χ0) is 49.6. The van der Waals surface area contributed by atoms with Crippen LogP contribution in [-0.4, -0.2) is 125 Å². The summed E-state index contributed by atoms with van der Waals surface area (Å²) in [7, 11) is 6.29. The Morgan fingerprint density at radius 3 is 2.36 bits per heavy atom. The summed E-state index contributed by atoms with van der Waals surface area (Å²) in [5.41, 5.74) is 5.94. The molecule has 19 heteroatoms. The third-order valence-corrected chi connectivity index (χ3v) is 14.3. The lowest BCUT2D eigenvalue weighted by atomic mass is 9.91. The summed E-state index contributed by atoms with van der Waals surface area (Å²) < 4.78 is 14.7. The maximum Gasteiger partial charge on any atom is 0.420 e. The van der Waals surface area contributed by atoms with Gasteiger partial charge in [-0.05, 0) is 113 Å². The lowest BCUT2D eigenvalue weighted by molar-refractivity contribution is -0.137. The first-order valence-corrected chi connectivity index (χ1v) is 24.8. The fraction of sp³-hybridized carbons (Fsp3) is 0.451. The van der Waals surface area contributed by atoms with Crippen molar-refractivity contribution >= 4 is 90.5 Å². The topological polar surface area (TPSA) is 201 Å². The van der Waals surface area contributed by atoms with Crippen molar-refractivity contribution in [2.45, 2.75) is 90.4 Å². The molecule has 5 aromatic rings. The van der Waals surface area contributed by atoms with Crippen molar-refractivity contribution in [2.24, 2.45) is 13.0 Å². The number of aromatic nitrogens is 3. The van der Waals surface area contributed by atoms with Gasteiger partial charge in [0.2, 0.25) is 17.7 Å². The molecule has 0 spiro atoms. The number of morpholine rings is 1. The van der Waals surface area contributed by atoms with E-state index < -0.39 is 30.0 Å². The van der Waals surface area contributed by atoms with Crippen LogP contribution in [0.25, 0.3) is 21.3 Å². The van der Waals surface area contributed by atoms with E-state index in [0.29, 0.717) is 61.3 Å². The number of likely N-dealkylation sites (N-methyl/N-ethyl adjacent to an activating group) is 1. The van der Waals surface area contributed by atoms with Crippen LogP contribution in [0.3, 0.4) is 0 Å². The second-order valence-corrected chi connectivity index (χ2v) is 19.7.